The number of amides is 1. The van der Waals surface area contributed by atoms with E-state index in [-0.39, 0.29) is 0 Å². The van der Waals surface area contributed by atoms with Gasteiger partial charge in [0, 0.05) is 6.54 Å². The lowest BCUT2D eigenvalue weighted by Crippen LogP contribution is -2.50. The van der Waals surface area contributed by atoms with Gasteiger partial charge in [0.15, 0.2) is 0 Å². The van der Waals surface area contributed by atoms with E-state index < -0.39 is 29.8 Å². The maximum Gasteiger partial charge on any atom is 0.326 e. The molecule has 0 aromatic rings. The molecule has 1 heterocycles. The lowest BCUT2D eigenvalue weighted by molar-refractivity contribution is -0.158. The summed E-state index contributed by atoms with van der Waals surface area (Å²) in [5.41, 5.74) is 0. The molecule has 0 saturated carbocycles. The van der Waals surface area contributed by atoms with Gasteiger partial charge in [0.25, 0.3) is 0 Å². The number of carbonyl (C=O) groups excluding carboxylic acids is 1. The van der Waals surface area contributed by atoms with Crippen LogP contribution in [0.3, 0.4) is 0 Å². The summed E-state index contributed by atoms with van der Waals surface area (Å²) in [4.78, 5) is 34.5. The third kappa shape index (κ3) is 2.50. The smallest absolute Gasteiger partial charge is 0.326 e. The van der Waals surface area contributed by atoms with Crippen molar-refractivity contribution in [1.82, 2.24) is 4.90 Å². The molecular weight excluding hydrogens is 214 g/mol. The Morgan fingerprint density at radius 1 is 1.25 bits per heavy atom. The van der Waals surface area contributed by atoms with E-state index in [9.17, 15) is 14.4 Å². The number of likely N-dealkylation sites (tertiary alicyclic amines) is 1. The van der Waals surface area contributed by atoms with Crippen molar-refractivity contribution in [2.45, 2.75) is 32.2 Å². The first-order valence-electron chi connectivity index (χ1n) is 5.21. The number of hydrogen-bond donors (Lipinski definition) is 2. The summed E-state index contributed by atoms with van der Waals surface area (Å²) in [5.74, 6) is -4.08. The molecule has 2 atom stereocenters. The zero-order chi connectivity index (χ0) is 12.3. The number of nitrogens with zero attached hydrogens (tertiary/aromatic N) is 1. The van der Waals surface area contributed by atoms with Crippen LogP contribution in [0.25, 0.3) is 0 Å². The van der Waals surface area contributed by atoms with E-state index in [0.717, 1.165) is 12.8 Å². The van der Waals surface area contributed by atoms with Gasteiger partial charge in [0.1, 0.15) is 12.0 Å². The van der Waals surface area contributed by atoms with E-state index in [1.807, 2.05) is 0 Å². The number of piperidine rings is 1. The fraction of sp³-hybridized carbons (Fsp3) is 0.700. The Balaban J connectivity index is 2.79. The molecule has 90 valence electrons. The first-order valence-corrected chi connectivity index (χ1v) is 5.21. The molecule has 0 aromatic carbocycles. The van der Waals surface area contributed by atoms with Crippen LogP contribution in [-0.4, -0.2) is 45.5 Å². The van der Waals surface area contributed by atoms with Crippen LogP contribution in [0.4, 0.5) is 0 Å². The first-order chi connectivity index (χ1) is 7.45. The molecule has 2 N–H and O–H groups in total. The van der Waals surface area contributed by atoms with Crippen LogP contribution in [0.2, 0.25) is 0 Å². The van der Waals surface area contributed by atoms with Gasteiger partial charge in [-0.3, -0.25) is 9.59 Å². The molecule has 6 nitrogen and oxygen atoms in total. The fourth-order valence-corrected chi connectivity index (χ4v) is 1.81. The highest BCUT2D eigenvalue weighted by molar-refractivity contribution is 5.98. The van der Waals surface area contributed by atoms with Crippen LogP contribution in [0.5, 0.6) is 0 Å². The summed E-state index contributed by atoms with van der Waals surface area (Å²) in [7, 11) is 0. The van der Waals surface area contributed by atoms with Crippen molar-refractivity contribution < 1.29 is 24.6 Å². The Morgan fingerprint density at radius 2 is 1.88 bits per heavy atom. The molecule has 1 aliphatic rings. The third-order valence-electron chi connectivity index (χ3n) is 2.81. The fourth-order valence-electron chi connectivity index (χ4n) is 1.81. The van der Waals surface area contributed by atoms with Gasteiger partial charge in [-0.1, -0.05) is 0 Å². The third-order valence-corrected chi connectivity index (χ3v) is 2.81. The van der Waals surface area contributed by atoms with Crippen molar-refractivity contribution in [1.29, 1.82) is 0 Å². The van der Waals surface area contributed by atoms with Crippen LogP contribution in [-0.2, 0) is 14.4 Å². The van der Waals surface area contributed by atoms with Crippen LogP contribution < -0.4 is 0 Å². The van der Waals surface area contributed by atoms with Gasteiger partial charge >= 0.3 is 11.9 Å². The molecule has 1 aliphatic heterocycles. The molecule has 1 amide bonds. The molecule has 1 saturated heterocycles. The van der Waals surface area contributed by atoms with Gasteiger partial charge in [-0.25, -0.2) is 4.79 Å². The number of rotatable bonds is 3. The van der Waals surface area contributed by atoms with E-state index in [2.05, 4.69) is 0 Å². The maximum absolute atomic E-state index is 11.7. The lowest BCUT2D eigenvalue weighted by atomic mass is 10.00. The zero-order valence-corrected chi connectivity index (χ0v) is 9.05. The lowest BCUT2D eigenvalue weighted by Gasteiger charge is -2.33. The monoisotopic (exact) mass is 229 g/mol. The first kappa shape index (κ1) is 12.5. The largest absolute Gasteiger partial charge is 0.481 e. The second kappa shape index (κ2) is 4.96. The molecule has 16 heavy (non-hydrogen) atoms. The van der Waals surface area contributed by atoms with Crippen molar-refractivity contribution in [2.75, 3.05) is 6.54 Å². The SMILES string of the molecule is CC(C(=O)O)C(=O)N1CCCCC1C(=O)O. The van der Waals surface area contributed by atoms with Gasteiger partial charge in [0.05, 0.1) is 0 Å². The van der Waals surface area contributed by atoms with Crippen molar-refractivity contribution in [3.05, 3.63) is 0 Å². The topological polar surface area (TPSA) is 94.9 Å². The molecule has 0 aliphatic carbocycles. The van der Waals surface area contributed by atoms with Crippen LogP contribution in [0, 0.1) is 5.92 Å². The molecule has 1 fully saturated rings. The highest BCUT2D eigenvalue weighted by Gasteiger charge is 2.35. The van der Waals surface area contributed by atoms with Gasteiger partial charge in [-0.05, 0) is 26.2 Å². The molecule has 0 bridgehead atoms. The number of carbonyl (C=O) groups is 3. The van der Waals surface area contributed by atoms with E-state index >= 15 is 0 Å². The van der Waals surface area contributed by atoms with Crippen LogP contribution >= 0.6 is 0 Å². The molecule has 1 rings (SSSR count). The number of aliphatic carboxylic acids is 2. The molecular formula is C10H15NO5. The van der Waals surface area contributed by atoms with Gasteiger partial charge in [-0.2, -0.15) is 0 Å². The maximum atomic E-state index is 11.7. The summed E-state index contributed by atoms with van der Waals surface area (Å²) < 4.78 is 0. The van der Waals surface area contributed by atoms with Crippen molar-refractivity contribution in [3.8, 4) is 0 Å². The molecule has 0 radical (unpaired) electrons. The summed E-state index contributed by atoms with van der Waals surface area (Å²) in [5, 5.41) is 17.6. The molecule has 6 heteroatoms. The minimum absolute atomic E-state index is 0.327. The van der Waals surface area contributed by atoms with E-state index in [4.69, 9.17) is 10.2 Å². The predicted molar refractivity (Wildman–Crippen MR) is 53.8 cm³/mol. The number of carboxylic acids is 2. The summed E-state index contributed by atoms with van der Waals surface area (Å²) in [6.07, 6.45) is 1.87. The average molecular weight is 229 g/mol. The highest BCUT2D eigenvalue weighted by atomic mass is 16.4. The minimum Gasteiger partial charge on any atom is -0.481 e. The number of hydrogen-bond acceptors (Lipinski definition) is 3. The van der Waals surface area contributed by atoms with Gasteiger partial charge in [-0.15, -0.1) is 0 Å². The van der Waals surface area contributed by atoms with E-state index in [0.29, 0.717) is 13.0 Å². The van der Waals surface area contributed by atoms with Gasteiger partial charge < -0.3 is 15.1 Å². The van der Waals surface area contributed by atoms with E-state index in [1.54, 1.807) is 0 Å². The average Bonchev–Trinajstić information content (AvgIpc) is 2.26. The summed E-state index contributed by atoms with van der Waals surface area (Å²) in [6, 6.07) is -0.872. The van der Waals surface area contributed by atoms with Crippen molar-refractivity contribution in [2.24, 2.45) is 5.92 Å². The zero-order valence-electron chi connectivity index (χ0n) is 9.05. The second-order valence-corrected chi connectivity index (χ2v) is 3.94. The Hall–Kier alpha value is -1.59. The quantitative estimate of drug-likeness (QED) is 0.673. The summed E-state index contributed by atoms with van der Waals surface area (Å²) in [6.45, 7) is 1.60. The van der Waals surface area contributed by atoms with Crippen LogP contribution in [0.1, 0.15) is 26.2 Å². The number of carboxylic acid groups (broad SMARTS) is 2. The molecule has 0 spiro atoms. The van der Waals surface area contributed by atoms with E-state index in [1.165, 1.54) is 11.8 Å². The molecule has 2 unspecified atom stereocenters. The molecule has 0 aromatic heterocycles. The highest BCUT2D eigenvalue weighted by Crippen LogP contribution is 2.19. The summed E-state index contributed by atoms with van der Waals surface area (Å²) >= 11 is 0. The van der Waals surface area contributed by atoms with Crippen molar-refractivity contribution >= 4 is 17.8 Å². The predicted octanol–water partition coefficient (Wildman–Crippen LogP) is 0.173. The van der Waals surface area contributed by atoms with Crippen molar-refractivity contribution in [3.63, 3.8) is 0 Å². The van der Waals surface area contributed by atoms with Crippen LogP contribution in [0.15, 0.2) is 0 Å². The normalized spacial score (nSPS) is 22.6. The Bertz CT molecular complexity index is 314. The van der Waals surface area contributed by atoms with Gasteiger partial charge in [0.2, 0.25) is 5.91 Å². The minimum atomic E-state index is -1.22. The Labute approximate surface area is 92.9 Å². The Morgan fingerprint density at radius 3 is 2.38 bits per heavy atom. The second-order valence-electron chi connectivity index (χ2n) is 3.94. The standard InChI is InChI=1S/C10H15NO5/c1-6(9(13)14)8(12)11-5-3-2-4-7(11)10(15)16/h6-7H,2-5H2,1H3,(H,13,14)(H,15,16). The Kier molecular flexibility index (Phi) is 3.87.